The summed E-state index contributed by atoms with van der Waals surface area (Å²) in [6.07, 6.45) is 1.63. The fraction of sp³-hybridized carbons (Fsp3) is 0.444. The number of rotatable bonds is 6. The zero-order chi connectivity index (χ0) is 19.5. The standard InChI is InChI=1S/C18H22N6O3S/c1-19-9-11-8-13-14(28-11)16(24-4-6-27-7-5-24)22-15(21-13)12-10-20-18(26-3)23-17(12)25-2/h8,10,19H,4-7,9H2,1-3H3. The van der Waals surface area contributed by atoms with Crippen LogP contribution in [0, 0.1) is 0 Å². The maximum absolute atomic E-state index is 5.51. The van der Waals surface area contributed by atoms with E-state index < -0.39 is 0 Å². The highest BCUT2D eigenvalue weighted by Crippen LogP contribution is 2.36. The Hall–Kier alpha value is -2.56. The van der Waals surface area contributed by atoms with Gasteiger partial charge in [0, 0.05) is 30.7 Å². The largest absolute Gasteiger partial charge is 0.480 e. The first-order chi connectivity index (χ1) is 13.7. The van der Waals surface area contributed by atoms with E-state index in [2.05, 4.69) is 26.3 Å². The van der Waals surface area contributed by atoms with Crippen molar-refractivity contribution in [2.75, 3.05) is 52.5 Å². The maximum Gasteiger partial charge on any atom is 0.319 e. The Morgan fingerprint density at radius 3 is 2.71 bits per heavy atom. The van der Waals surface area contributed by atoms with Gasteiger partial charge in [-0.2, -0.15) is 4.98 Å². The molecule has 1 N–H and O–H groups in total. The molecule has 1 aliphatic heterocycles. The first-order valence-corrected chi connectivity index (χ1v) is 9.78. The lowest BCUT2D eigenvalue weighted by Crippen LogP contribution is -2.36. The van der Waals surface area contributed by atoms with E-state index in [4.69, 9.17) is 24.2 Å². The first kappa shape index (κ1) is 18.8. The summed E-state index contributed by atoms with van der Waals surface area (Å²) in [6, 6.07) is 2.34. The molecule has 3 aromatic heterocycles. The predicted molar refractivity (Wildman–Crippen MR) is 107 cm³/mol. The third-order valence-electron chi connectivity index (χ3n) is 4.41. The van der Waals surface area contributed by atoms with Crippen molar-refractivity contribution >= 4 is 27.4 Å². The summed E-state index contributed by atoms with van der Waals surface area (Å²) in [6.45, 7) is 3.74. The number of hydrogen-bond acceptors (Lipinski definition) is 10. The quantitative estimate of drug-likeness (QED) is 0.661. The SMILES string of the molecule is CNCc1cc2nc(-c3cnc(OC)nc3OC)nc(N3CCOCC3)c2s1. The molecule has 0 amide bonds. The third kappa shape index (κ3) is 3.58. The number of hydrogen-bond donors (Lipinski definition) is 1. The van der Waals surface area contributed by atoms with Crippen LogP contribution < -0.4 is 19.7 Å². The van der Waals surface area contributed by atoms with E-state index in [0.29, 0.717) is 30.5 Å². The second-order valence-electron chi connectivity index (χ2n) is 6.21. The smallest absolute Gasteiger partial charge is 0.319 e. The van der Waals surface area contributed by atoms with E-state index in [9.17, 15) is 0 Å². The summed E-state index contributed by atoms with van der Waals surface area (Å²) in [7, 11) is 5.01. The Bertz CT molecular complexity index is 973. The van der Waals surface area contributed by atoms with E-state index in [-0.39, 0.29) is 6.01 Å². The minimum atomic E-state index is 0.238. The number of ether oxygens (including phenoxy) is 3. The van der Waals surface area contributed by atoms with Crippen molar-refractivity contribution in [1.82, 2.24) is 25.3 Å². The van der Waals surface area contributed by atoms with Crippen LogP contribution in [0.25, 0.3) is 21.6 Å². The number of nitrogens with zero attached hydrogens (tertiary/aromatic N) is 5. The highest BCUT2D eigenvalue weighted by atomic mass is 32.1. The molecule has 0 saturated carbocycles. The monoisotopic (exact) mass is 402 g/mol. The summed E-state index contributed by atoms with van der Waals surface area (Å²) < 4.78 is 17.1. The number of fused-ring (bicyclic) bond motifs is 1. The van der Waals surface area contributed by atoms with Crippen LogP contribution in [0.1, 0.15) is 4.88 Å². The lowest BCUT2D eigenvalue weighted by molar-refractivity contribution is 0.122. The lowest BCUT2D eigenvalue weighted by Gasteiger charge is -2.28. The molecule has 9 nitrogen and oxygen atoms in total. The van der Waals surface area contributed by atoms with Gasteiger partial charge in [0.05, 0.1) is 37.6 Å². The molecule has 28 heavy (non-hydrogen) atoms. The molecule has 0 spiro atoms. The number of morpholine rings is 1. The molecule has 0 bridgehead atoms. The van der Waals surface area contributed by atoms with E-state index in [1.165, 1.54) is 12.0 Å². The Kier molecular flexibility index (Phi) is 5.51. The molecular formula is C18H22N6O3S. The molecule has 4 heterocycles. The van der Waals surface area contributed by atoms with Crippen molar-refractivity contribution in [3.8, 4) is 23.3 Å². The molecule has 0 atom stereocenters. The third-order valence-corrected chi connectivity index (χ3v) is 5.54. The summed E-state index contributed by atoms with van der Waals surface area (Å²) in [5.41, 5.74) is 1.53. The minimum absolute atomic E-state index is 0.238. The van der Waals surface area contributed by atoms with Gasteiger partial charge in [0.15, 0.2) is 11.6 Å². The Morgan fingerprint density at radius 1 is 1.18 bits per heavy atom. The van der Waals surface area contributed by atoms with Gasteiger partial charge >= 0.3 is 6.01 Å². The molecular weight excluding hydrogens is 380 g/mol. The van der Waals surface area contributed by atoms with E-state index in [1.54, 1.807) is 24.6 Å². The van der Waals surface area contributed by atoms with Gasteiger partial charge in [0.2, 0.25) is 5.88 Å². The van der Waals surface area contributed by atoms with Crippen LogP contribution in [-0.2, 0) is 11.3 Å². The van der Waals surface area contributed by atoms with Crippen LogP contribution in [0.4, 0.5) is 5.82 Å². The zero-order valence-corrected chi connectivity index (χ0v) is 16.9. The second-order valence-corrected chi connectivity index (χ2v) is 7.34. The van der Waals surface area contributed by atoms with Crippen molar-refractivity contribution in [3.63, 3.8) is 0 Å². The van der Waals surface area contributed by atoms with Crippen LogP contribution in [0.15, 0.2) is 12.3 Å². The van der Waals surface area contributed by atoms with Gasteiger partial charge in [-0.25, -0.2) is 15.0 Å². The van der Waals surface area contributed by atoms with Crippen LogP contribution in [0.2, 0.25) is 0 Å². The van der Waals surface area contributed by atoms with Crippen molar-refractivity contribution < 1.29 is 14.2 Å². The number of nitrogens with one attached hydrogen (secondary N) is 1. The molecule has 148 valence electrons. The van der Waals surface area contributed by atoms with E-state index in [1.807, 2.05) is 7.05 Å². The number of thiophene rings is 1. The van der Waals surface area contributed by atoms with Crippen LogP contribution in [-0.4, -0.2) is 67.5 Å². The van der Waals surface area contributed by atoms with Gasteiger partial charge in [-0.3, -0.25) is 0 Å². The summed E-state index contributed by atoms with van der Waals surface area (Å²) >= 11 is 1.71. The average molecular weight is 402 g/mol. The van der Waals surface area contributed by atoms with Gasteiger partial charge in [-0.15, -0.1) is 11.3 Å². The van der Waals surface area contributed by atoms with Gasteiger partial charge < -0.3 is 24.4 Å². The molecule has 10 heteroatoms. The molecule has 0 radical (unpaired) electrons. The topological polar surface area (TPSA) is 94.5 Å². The fourth-order valence-electron chi connectivity index (χ4n) is 3.09. The zero-order valence-electron chi connectivity index (χ0n) is 16.1. The maximum atomic E-state index is 5.51. The number of methoxy groups -OCH3 is 2. The average Bonchev–Trinajstić information content (AvgIpc) is 3.15. The number of anilines is 1. The van der Waals surface area contributed by atoms with Crippen molar-refractivity contribution in [1.29, 1.82) is 0 Å². The number of aromatic nitrogens is 4. The van der Waals surface area contributed by atoms with Crippen LogP contribution >= 0.6 is 11.3 Å². The van der Waals surface area contributed by atoms with Crippen molar-refractivity contribution in [3.05, 3.63) is 17.1 Å². The second kappa shape index (κ2) is 8.21. The van der Waals surface area contributed by atoms with Gasteiger partial charge in [-0.05, 0) is 13.1 Å². The molecule has 1 aliphatic rings. The first-order valence-electron chi connectivity index (χ1n) is 8.96. The highest BCUT2D eigenvalue weighted by Gasteiger charge is 2.22. The molecule has 3 aromatic rings. The Morgan fingerprint density at radius 2 is 2.00 bits per heavy atom. The minimum Gasteiger partial charge on any atom is -0.480 e. The van der Waals surface area contributed by atoms with E-state index >= 15 is 0 Å². The summed E-state index contributed by atoms with van der Waals surface area (Å²) in [4.78, 5) is 21.6. The molecule has 4 rings (SSSR count). The lowest BCUT2D eigenvalue weighted by atomic mass is 10.2. The fourth-order valence-corrected chi connectivity index (χ4v) is 4.22. The van der Waals surface area contributed by atoms with E-state index in [0.717, 1.165) is 35.7 Å². The molecule has 1 fully saturated rings. The Balaban J connectivity index is 1.87. The molecule has 0 aliphatic carbocycles. The summed E-state index contributed by atoms with van der Waals surface area (Å²) in [5, 5.41) is 3.20. The summed E-state index contributed by atoms with van der Waals surface area (Å²) in [5.74, 6) is 1.82. The Labute approximate surface area is 166 Å². The predicted octanol–water partition coefficient (Wildman–Crippen LogP) is 1.72. The highest BCUT2D eigenvalue weighted by molar-refractivity contribution is 7.19. The molecule has 0 unspecified atom stereocenters. The van der Waals surface area contributed by atoms with Gasteiger partial charge in [-0.1, -0.05) is 0 Å². The van der Waals surface area contributed by atoms with Crippen molar-refractivity contribution in [2.24, 2.45) is 0 Å². The van der Waals surface area contributed by atoms with Crippen LogP contribution in [0.5, 0.6) is 11.9 Å². The van der Waals surface area contributed by atoms with Crippen LogP contribution in [0.3, 0.4) is 0 Å². The van der Waals surface area contributed by atoms with Gasteiger partial charge in [0.25, 0.3) is 0 Å². The molecule has 1 saturated heterocycles. The van der Waals surface area contributed by atoms with Crippen molar-refractivity contribution in [2.45, 2.75) is 6.54 Å². The van der Waals surface area contributed by atoms with Gasteiger partial charge in [0.1, 0.15) is 5.56 Å². The molecule has 0 aromatic carbocycles. The normalized spacial score (nSPS) is 14.5.